The molecule has 7 nitrogen and oxygen atoms in total. The second kappa shape index (κ2) is 14.7. The molecule has 143 valence electrons. The van der Waals surface area contributed by atoms with Gasteiger partial charge in [-0.05, 0) is 25.2 Å². The summed E-state index contributed by atoms with van der Waals surface area (Å²) in [5.74, 6) is -3.05. The zero-order valence-corrected chi connectivity index (χ0v) is 15.2. The van der Waals surface area contributed by atoms with Crippen molar-refractivity contribution in [2.75, 3.05) is 20.6 Å². The monoisotopic (exact) mass is 408 g/mol. The molecule has 1 N–H and O–H groups in total. The van der Waals surface area contributed by atoms with Crippen LogP contribution in [0.5, 0.6) is 0 Å². The number of aromatic carboxylic acids is 2. The van der Waals surface area contributed by atoms with E-state index < -0.39 is 17.9 Å². The maximum Gasteiger partial charge on any atom is 2.00 e. The van der Waals surface area contributed by atoms with Crippen molar-refractivity contribution in [1.29, 1.82) is 0 Å². The smallest absolute Gasteiger partial charge is 0.545 e. The molecule has 0 spiro atoms. The maximum atomic E-state index is 10.1. The van der Waals surface area contributed by atoms with Gasteiger partial charge in [0.25, 0.3) is 0 Å². The fourth-order valence-electron chi connectivity index (χ4n) is 1.42. The number of rotatable bonds is 4. The zero-order chi connectivity index (χ0) is 19.2. The van der Waals surface area contributed by atoms with Crippen LogP contribution < -0.4 is 10.2 Å². The summed E-state index contributed by atoms with van der Waals surface area (Å²) in [6.07, 6.45) is 0. The van der Waals surface area contributed by atoms with Crippen LogP contribution >= 0.6 is 0 Å². The molecule has 0 bridgehead atoms. The van der Waals surface area contributed by atoms with E-state index in [0.29, 0.717) is 0 Å². The van der Waals surface area contributed by atoms with Crippen molar-refractivity contribution < 1.29 is 46.8 Å². The first-order valence-corrected chi connectivity index (χ1v) is 7.13. The number of hydrogen-bond acceptors (Lipinski definition) is 6. The van der Waals surface area contributed by atoms with E-state index in [1.165, 1.54) is 24.3 Å². The molecule has 8 heteroatoms. The van der Waals surface area contributed by atoms with Crippen LogP contribution in [0, 0.1) is 0 Å². The predicted octanol–water partition coefficient (Wildman–Crippen LogP) is -0.270. The minimum Gasteiger partial charge on any atom is -0.545 e. The number of nitrogens with zero attached hydrogens (tertiary/aromatic N) is 1. The van der Waals surface area contributed by atoms with Gasteiger partial charge < -0.3 is 24.9 Å². The standard InChI is InChI=1S/2C7H6O2.C4H9NO2.Cu/c2*8-7(9)6-4-2-1-3-5-6;1-5(2)3-4(6)7;/h2*1-5H,(H,8,9);3H2,1-2H3,(H,6,7);/q;;;+2/p-2. The number of carboxylic acids is 3. The number of carboxylic acid groups (broad SMARTS) is 3. The molecule has 2 aromatic rings. The second-order valence-corrected chi connectivity index (χ2v) is 4.94. The molecule has 2 aromatic carbocycles. The summed E-state index contributed by atoms with van der Waals surface area (Å²) < 4.78 is 0. The van der Waals surface area contributed by atoms with Crippen molar-refractivity contribution in [2.24, 2.45) is 0 Å². The maximum absolute atomic E-state index is 10.1. The molecule has 0 aliphatic rings. The van der Waals surface area contributed by atoms with Crippen molar-refractivity contribution in [2.45, 2.75) is 0 Å². The number of aliphatic carboxylic acids is 1. The molecule has 0 aromatic heterocycles. The van der Waals surface area contributed by atoms with E-state index in [1.54, 1.807) is 55.4 Å². The molecule has 26 heavy (non-hydrogen) atoms. The Bertz CT molecular complexity index is 612. The molecule has 0 saturated carbocycles. The van der Waals surface area contributed by atoms with Crippen molar-refractivity contribution in [1.82, 2.24) is 4.90 Å². The quantitative estimate of drug-likeness (QED) is 0.691. The summed E-state index contributed by atoms with van der Waals surface area (Å²) in [5, 5.41) is 28.2. The van der Waals surface area contributed by atoms with E-state index in [0.717, 1.165) is 0 Å². The predicted molar refractivity (Wildman–Crippen MR) is 87.7 cm³/mol. The molecule has 2 rings (SSSR count). The SMILES string of the molecule is CN(C)CC(=O)O.O=C([O-])c1ccccc1.O=C([O-])c1ccccc1.[Cu+2]. The number of carbonyl (C=O) groups is 3. The summed E-state index contributed by atoms with van der Waals surface area (Å²) in [6.45, 7) is 0.111. The topological polar surface area (TPSA) is 121 Å². The average molecular weight is 409 g/mol. The van der Waals surface area contributed by atoms with Crippen molar-refractivity contribution >= 4 is 17.9 Å². The minimum atomic E-state index is -1.13. The molecule has 0 saturated heterocycles. The summed E-state index contributed by atoms with van der Waals surface area (Å²) >= 11 is 0. The van der Waals surface area contributed by atoms with E-state index in [1.807, 2.05) is 0 Å². The van der Waals surface area contributed by atoms with Gasteiger partial charge in [0.15, 0.2) is 0 Å². The van der Waals surface area contributed by atoms with Crippen LogP contribution in [0.4, 0.5) is 0 Å². The molecule has 0 fully saturated rings. The molecule has 0 atom stereocenters. The Morgan fingerprint density at radius 2 is 1.12 bits per heavy atom. The van der Waals surface area contributed by atoms with Gasteiger partial charge in [-0.25, -0.2) is 0 Å². The fraction of sp³-hybridized carbons (Fsp3) is 0.167. The Hall–Kier alpha value is -2.67. The van der Waals surface area contributed by atoms with Crippen LogP contribution in [0.1, 0.15) is 20.7 Å². The van der Waals surface area contributed by atoms with Gasteiger partial charge in [0.05, 0.1) is 18.5 Å². The van der Waals surface area contributed by atoms with Crippen LogP contribution in [0.25, 0.3) is 0 Å². The van der Waals surface area contributed by atoms with Crippen LogP contribution in [-0.2, 0) is 21.9 Å². The Balaban J connectivity index is 0. The van der Waals surface area contributed by atoms with Crippen molar-refractivity contribution in [3.8, 4) is 0 Å². The van der Waals surface area contributed by atoms with Crippen molar-refractivity contribution in [3.05, 3.63) is 71.8 Å². The van der Waals surface area contributed by atoms with Gasteiger partial charge in [0.2, 0.25) is 0 Å². The molecular weight excluding hydrogens is 390 g/mol. The van der Waals surface area contributed by atoms with Gasteiger partial charge in [0.1, 0.15) is 0 Å². The third-order valence-corrected chi connectivity index (χ3v) is 2.47. The minimum absolute atomic E-state index is 0. The third-order valence-electron chi connectivity index (χ3n) is 2.47. The Labute approximate surface area is 162 Å². The van der Waals surface area contributed by atoms with Gasteiger partial charge >= 0.3 is 23.0 Å². The van der Waals surface area contributed by atoms with E-state index in [2.05, 4.69) is 0 Å². The van der Waals surface area contributed by atoms with E-state index >= 15 is 0 Å². The molecule has 0 unspecified atom stereocenters. The van der Waals surface area contributed by atoms with Gasteiger partial charge in [-0.3, -0.25) is 9.69 Å². The van der Waals surface area contributed by atoms with Gasteiger partial charge in [-0.2, -0.15) is 0 Å². The third kappa shape index (κ3) is 13.7. The molecule has 0 heterocycles. The molecular formula is C18H19CuNO6. The van der Waals surface area contributed by atoms with E-state index in [9.17, 15) is 24.6 Å². The average Bonchev–Trinajstić information content (AvgIpc) is 2.56. The molecule has 0 aliphatic carbocycles. The first-order chi connectivity index (χ1) is 11.7. The number of likely N-dealkylation sites (N-methyl/N-ethyl adjacent to an activating group) is 1. The Morgan fingerprint density at radius 1 is 0.808 bits per heavy atom. The van der Waals surface area contributed by atoms with Gasteiger partial charge in [0, 0.05) is 0 Å². The Kier molecular flexibility index (Phi) is 14.4. The largest absolute Gasteiger partial charge is 2.00 e. The first kappa shape index (κ1) is 25.6. The Morgan fingerprint density at radius 3 is 1.23 bits per heavy atom. The van der Waals surface area contributed by atoms with E-state index in [-0.39, 0.29) is 34.7 Å². The summed E-state index contributed by atoms with van der Waals surface area (Å²) in [7, 11) is 3.43. The number of hydrogen-bond donors (Lipinski definition) is 1. The molecule has 0 aliphatic heterocycles. The first-order valence-electron chi connectivity index (χ1n) is 7.13. The summed E-state index contributed by atoms with van der Waals surface area (Å²) in [4.78, 5) is 31.5. The van der Waals surface area contributed by atoms with Crippen molar-refractivity contribution in [3.63, 3.8) is 0 Å². The zero-order valence-electron chi connectivity index (χ0n) is 14.2. The van der Waals surface area contributed by atoms with Crippen LogP contribution in [0.15, 0.2) is 60.7 Å². The van der Waals surface area contributed by atoms with Gasteiger partial charge in [-0.15, -0.1) is 0 Å². The molecule has 0 amide bonds. The van der Waals surface area contributed by atoms with Crippen LogP contribution in [0.2, 0.25) is 0 Å². The fourth-order valence-corrected chi connectivity index (χ4v) is 1.42. The summed E-state index contributed by atoms with van der Waals surface area (Å²) in [5.41, 5.74) is 0.440. The summed E-state index contributed by atoms with van der Waals surface area (Å²) in [6, 6.07) is 16.1. The van der Waals surface area contributed by atoms with E-state index in [4.69, 9.17) is 5.11 Å². The molecule has 1 radical (unpaired) electrons. The number of benzene rings is 2. The second-order valence-electron chi connectivity index (χ2n) is 4.94. The normalized spacial score (nSPS) is 8.73. The van der Waals surface area contributed by atoms with Crippen LogP contribution in [0.3, 0.4) is 0 Å². The van der Waals surface area contributed by atoms with Gasteiger partial charge in [-0.1, -0.05) is 60.7 Å². The van der Waals surface area contributed by atoms with Crippen LogP contribution in [-0.4, -0.2) is 48.6 Å². The number of carbonyl (C=O) groups excluding carboxylic acids is 2.